The molecule has 1 saturated carbocycles. The largest absolute Gasteiger partial charge is 0.332 e. The fourth-order valence-corrected chi connectivity index (χ4v) is 5.66. The van der Waals surface area contributed by atoms with E-state index >= 15 is 0 Å². The highest BCUT2D eigenvalue weighted by Gasteiger charge is 2.40. The van der Waals surface area contributed by atoms with Crippen LogP contribution in [0.1, 0.15) is 82.1 Å². The Balaban J connectivity index is 1.50. The first kappa shape index (κ1) is 24.5. The molecule has 2 aliphatic rings. The summed E-state index contributed by atoms with van der Waals surface area (Å²) in [6.07, 6.45) is 8.39. The second-order valence-electron chi connectivity index (χ2n) is 9.78. The Kier molecular flexibility index (Phi) is 8.43. The van der Waals surface area contributed by atoms with Crippen LogP contribution in [0.3, 0.4) is 0 Å². The van der Waals surface area contributed by atoms with Crippen molar-refractivity contribution in [3.05, 3.63) is 41.7 Å². The van der Waals surface area contributed by atoms with Gasteiger partial charge >= 0.3 is 0 Å². The number of carbonyl (C=O) groups is 2. The van der Waals surface area contributed by atoms with Gasteiger partial charge in [0.05, 0.1) is 18.6 Å². The van der Waals surface area contributed by atoms with E-state index in [9.17, 15) is 9.59 Å². The maximum atomic E-state index is 13.9. The topological polar surface area (TPSA) is 93.0 Å². The first-order valence-corrected chi connectivity index (χ1v) is 12.9. The van der Waals surface area contributed by atoms with Gasteiger partial charge in [0.2, 0.25) is 5.91 Å². The van der Waals surface area contributed by atoms with Gasteiger partial charge in [-0.3, -0.25) is 9.59 Å². The van der Waals surface area contributed by atoms with Gasteiger partial charge in [0.25, 0.3) is 0 Å². The molecule has 2 heterocycles. The average Bonchev–Trinajstić information content (AvgIpc) is 3.54. The van der Waals surface area contributed by atoms with Gasteiger partial charge in [0.15, 0.2) is 11.6 Å². The lowest BCUT2D eigenvalue weighted by Gasteiger charge is -2.34. The van der Waals surface area contributed by atoms with Gasteiger partial charge in [-0.25, -0.2) is 0 Å². The van der Waals surface area contributed by atoms with E-state index in [2.05, 4.69) is 20.7 Å². The Labute approximate surface area is 202 Å². The lowest BCUT2D eigenvalue weighted by atomic mass is 9.76. The molecule has 34 heavy (non-hydrogen) atoms. The number of ketones is 1. The quantitative estimate of drug-likeness (QED) is 0.576. The van der Waals surface area contributed by atoms with Gasteiger partial charge < -0.3 is 10.2 Å². The molecule has 1 aliphatic carbocycles. The number of hydrogen-bond acceptors (Lipinski definition) is 6. The molecular formula is C26H38N6O2. The molecule has 184 valence electrons. The van der Waals surface area contributed by atoms with Crippen LogP contribution in [0.4, 0.5) is 0 Å². The highest BCUT2D eigenvalue weighted by Crippen LogP contribution is 2.37. The Morgan fingerprint density at radius 3 is 2.56 bits per heavy atom. The number of amides is 1. The molecule has 1 saturated heterocycles. The summed E-state index contributed by atoms with van der Waals surface area (Å²) in [6.45, 7) is 3.25. The van der Waals surface area contributed by atoms with Crippen LogP contribution in [0.2, 0.25) is 0 Å². The van der Waals surface area contributed by atoms with Crippen molar-refractivity contribution in [2.75, 3.05) is 13.6 Å². The summed E-state index contributed by atoms with van der Waals surface area (Å²) in [6, 6.07) is 9.70. The van der Waals surface area contributed by atoms with Crippen molar-refractivity contribution in [1.29, 1.82) is 0 Å². The van der Waals surface area contributed by atoms with Crippen molar-refractivity contribution in [1.82, 2.24) is 30.4 Å². The van der Waals surface area contributed by atoms with Gasteiger partial charge in [-0.1, -0.05) is 56.5 Å². The van der Waals surface area contributed by atoms with Crippen LogP contribution in [-0.2, 0) is 16.1 Å². The normalized spacial score (nSPS) is 20.9. The number of rotatable bonds is 10. The van der Waals surface area contributed by atoms with Crippen LogP contribution in [0.25, 0.3) is 0 Å². The van der Waals surface area contributed by atoms with Crippen molar-refractivity contribution in [2.24, 2.45) is 11.8 Å². The zero-order valence-electron chi connectivity index (χ0n) is 20.5. The number of tetrazole rings is 1. The van der Waals surface area contributed by atoms with Gasteiger partial charge in [-0.15, -0.1) is 10.2 Å². The van der Waals surface area contributed by atoms with Gasteiger partial charge in [-0.05, 0) is 55.8 Å². The molecule has 1 aliphatic heterocycles. The van der Waals surface area contributed by atoms with E-state index in [1.54, 1.807) is 4.80 Å². The van der Waals surface area contributed by atoms with Crippen LogP contribution < -0.4 is 5.32 Å². The van der Waals surface area contributed by atoms with Crippen LogP contribution in [0.15, 0.2) is 30.3 Å². The molecule has 0 spiro atoms. The van der Waals surface area contributed by atoms with Crippen LogP contribution in [-0.4, -0.2) is 56.4 Å². The minimum Gasteiger partial charge on any atom is -0.332 e. The van der Waals surface area contributed by atoms with Gasteiger partial charge in [0, 0.05) is 18.9 Å². The molecular weight excluding hydrogens is 428 g/mol. The third-order valence-corrected chi connectivity index (χ3v) is 7.57. The summed E-state index contributed by atoms with van der Waals surface area (Å²) in [5, 5.41) is 16.3. The highest BCUT2D eigenvalue weighted by atomic mass is 16.2. The lowest BCUT2D eigenvalue weighted by Crippen LogP contribution is -2.43. The molecule has 0 radical (unpaired) electrons. The predicted molar refractivity (Wildman–Crippen MR) is 130 cm³/mol. The molecule has 1 amide bonds. The van der Waals surface area contributed by atoms with E-state index in [1.165, 1.54) is 6.42 Å². The molecule has 0 unspecified atom stereocenters. The van der Waals surface area contributed by atoms with Gasteiger partial charge in [0.1, 0.15) is 0 Å². The number of aromatic nitrogens is 4. The highest BCUT2D eigenvalue weighted by molar-refractivity contribution is 5.90. The SMILES string of the molecule is CC[C@H](NC)C(=O)C[C@H](C(=O)N1CCC[C@H]1c1nnn(Cc2ccccc2)n1)C1CCCCC1. The van der Waals surface area contributed by atoms with E-state index in [1.807, 2.05) is 49.2 Å². The molecule has 0 bridgehead atoms. The Bertz CT molecular complexity index is 936. The zero-order valence-corrected chi connectivity index (χ0v) is 20.5. The number of Topliss-reactive ketones (excluding diaryl/α,β-unsaturated/α-hetero) is 1. The van der Waals surface area contributed by atoms with Gasteiger partial charge in [-0.2, -0.15) is 4.80 Å². The molecule has 8 heteroatoms. The number of hydrogen-bond donors (Lipinski definition) is 1. The minimum atomic E-state index is -0.254. The lowest BCUT2D eigenvalue weighted by molar-refractivity contribution is -0.142. The molecule has 2 aromatic rings. The minimum absolute atomic E-state index is 0.105. The number of likely N-dealkylation sites (tertiary alicyclic amines) is 1. The predicted octanol–water partition coefficient (Wildman–Crippen LogP) is 3.54. The molecule has 3 atom stereocenters. The van der Waals surface area contributed by atoms with Crippen molar-refractivity contribution < 1.29 is 9.59 Å². The smallest absolute Gasteiger partial charge is 0.227 e. The first-order chi connectivity index (χ1) is 16.6. The first-order valence-electron chi connectivity index (χ1n) is 12.9. The summed E-state index contributed by atoms with van der Waals surface area (Å²) in [4.78, 5) is 30.5. The second kappa shape index (κ2) is 11.7. The van der Waals surface area contributed by atoms with E-state index in [0.29, 0.717) is 25.3 Å². The Morgan fingerprint density at radius 1 is 1.09 bits per heavy atom. The molecule has 2 fully saturated rings. The van der Waals surface area contributed by atoms with Crippen LogP contribution in [0.5, 0.6) is 0 Å². The molecule has 4 rings (SSSR count). The van der Waals surface area contributed by atoms with Crippen molar-refractivity contribution in [3.8, 4) is 0 Å². The van der Waals surface area contributed by atoms with Crippen LogP contribution >= 0.6 is 0 Å². The average molecular weight is 467 g/mol. The van der Waals surface area contributed by atoms with Crippen molar-refractivity contribution in [3.63, 3.8) is 0 Å². The summed E-state index contributed by atoms with van der Waals surface area (Å²) in [5.41, 5.74) is 1.11. The number of nitrogens with zero attached hydrogens (tertiary/aromatic N) is 5. The monoisotopic (exact) mass is 466 g/mol. The number of likely N-dealkylation sites (N-methyl/N-ethyl adjacent to an activating group) is 1. The van der Waals surface area contributed by atoms with E-state index in [-0.39, 0.29) is 35.6 Å². The maximum Gasteiger partial charge on any atom is 0.227 e. The molecule has 1 aromatic carbocycles. The van der Waals surface area contributed by atoms with Crippen molar-refractivity contribution >= 4 is 11.7 Å². The standard InChI is InChI=1S/C26H38N6O2/c1-3-22(27-2)24(33)17-21(20-13-8-5-9-14-20)26(34)31-16-10-15-23(31)25-28-30-32(29-25)18-19-11-6-4-7-12-19/h4,6-7,11-12,20-23,27H,3,5,8-10,13-18H2,1-2H3/t21-,22-,23-/m0/s1. The summed E-state index contributed by atoms with van der Waals surface area (Å²) in [5.74, 6) is 0.888. The number of carbonyl (C=O) groups excluding carboxylic acids is 2. The van der Waals surface area contributed by atoms with Crippen molar-refractivity contribution in [2.45, 2.75) is 83.3 Å². The maximum absolute atomic E-state index is 13.9. The fraction of sp³-hybridized carbons (Fsp3) is 0.654. The third-order valence-electron chi connectivity index (χ3n) is 7.57. The summed E-state index contributed by atoms with van der Waals surface area (Å²) >= 11 is 0. The number of nitrogens with one attached hydrogen (secondary N) is 1. The molecule has 1 aromatic heterocycles. The van der Waals surface area contributed by atoms with Crippen LogP contribution in [0, 0.1) is 11.8 Å². The molecule has 8 nitrogen and oxygen atoms in total. The fourth-order valence-electron chi connectivity index (χ4n) is 5.66. The summed E-state index contributed by atoms with van der Waals surface area (Å²) in [7, 11) is 1.82. The van der Waals surface area contributed by atoms with E-state index < -0.39 is 0 Å². The zero-order chi connectivity index (χ0) is 23.9. The Morgan fingerprint density at radius 2 is 1.85 bits per heavy atom. The van der Waals surface area contributed by atoms with E-state index in [4.69, 9.17) is 0 Å². The summed E-state index contributed by atoms with van der Waals surface area (Å²) < 4.78 is 0. The molecule has 1 N–H and O–H groups in total. The van der Waals surface area contributed by atoms with E-state index in [0.717, 1.165) is 50.5 Å². The second-order valence-corrected chi connectivity index (χ2v) is 9.78. The third kappa shape index (κ3) is 5.71. The number of benzene rings is 1. The Hall–Kier alpha value is -2.61.